The predicted octanol–water partition coefficient (Wildman–Crippen LogP) is 2.21. The first-order valence-electron chi connectivity index (χ1n) is 4.04. The van der Waals surface area contributed by atoms with Crippen LogP contribution < -0.4 is 0 Å². The van der Waals surface area contributed by atoms with E-state index in [2.05, 4.69) is 0 Å². The first-order chi connectivity index (χ1) is 5.10. The quantitative estimate of drug-likeness (QED) is 0.662. The maximum absolute atomic E-state index is 11.3. The Bertz CT molecular complexity index is 206. The van der Waals surface area contributed by atoms with Crippen molar-refractivity contribution in [3.05, 3.63) is 11.8 Å². The van der Waals surface area contributed by atoms with E-state index in [0.717, 1.165) is 12.8 Å². The first kappa shape index (κ1) is 8.31. The smallest absolute Gasteiger partial charge is 0.202 e. The highest BCUT2D eigenvalue weighted by atomic mass is 16.3. The highest BCUT2D eigenvalue weighted by Gasteiger charge is 2.38. The fraction of sp³-hybridized carbons (Fsp3) is 0.667. The molecule has 0 aromatic carbocycles. The number of carbonyl (C=O) groups excluding carboxylic acids is 1. The average molecular weight is 154 g/mol. The van der Waals surface area contributed by atoms with Crippen molar-refractivity contribution in [2.45, 2.75) is 33.1 Å². The lowest BCUT2D eigenvalue weighted by molar-refractivity contribution is -0.125. The summed E-state index contributed by atoms with van der Waals surface area (Å²) < 4.78 is 0. The predicted molar refractivity (Wildman–Crippen MR) is 43.4 cm³/mol. The van der Waals surface area contributed by atoms with Crippen molar-refractivity contribution >= 4 is 5.78 Å². The van der Waals surface area contributed by atoms with Crippen LogP contribution in [0.15, 0.2) is 11.8 Å². The van der Waals surface area contributed by atoms with Gasteiger partial charge in [-0.25, -0.2) is 0 Å². The lowest BCUT2D eigenvalue weighted by atomic mass is 9.82. The third-order valence-corrected chi connectivity index (χ3v) is 2.33. The van der Waals surface area contributed by atoms with Gasteiger partial charge >= 0.3 is 0 Å². The zero-order valence-corrected chi connectivity index (χ0v) is 7.05. The van der Waals surface area contributed by atoms with E-state index in [1.807, 2.05) is 13.8 Å². The third kappa shape index (κ3) is 1.30. The van der Waals surface area contributed by atoms with Gasteiger partial charge in [0.15, 0.2) is 5.76 Å². The highest BCUT2D eigenvalue weighted by Crippen LogP contribution is 2.36. The maximum Gasteiger partial charge on any atom is 0.202 e. The van der Waals surface area contributed by atoms with Gasteiger partial charge in [0, 0.05) is 5.41 Å². The highest BCUT2D eigenvalue weighted by molar-refractivity contribution is 5.99. The van der Waals surface area contributed by atoms with Crippen molar-refractivity contribution in [3.8, 4) is 0 Å². The van der Waals surface area contributed by atoms with Crippen LogP contribution >= 0.6 is 0 Å². The number of aliphatic hydroxyl groups excluding tert-OH is 1. The molecule has 1 rings (SSSR count). The lowest BCUT2D eigenvalue weighted by Crippen LogP contribution is -2.23. The topological polar surface area (TPSA) is 37.3 Å². The second-order valence-corrected chi connectivity index (χ2v) is 3.43. The molecule has 11 heavy (non-hydrogen) atoms. The Morgan fingerprint density at radius 2 is 2.36 bits per heavy atom. The molecule has 2 nitrogen and oxygen atoms in total. The minimum absolute atomic E-state index is 0.0408. The Labute approximate surface area is 66.9 Å². The number of hydrogen-bond donors (Lipinski definition) is 1. The summed E-state index contributed by atoms with van der Waals surface area (Å²) in [5.74, 6) is -0.125. The van der Waals surface area contributed by atoms with E-state index in [9.17, 15) is 4.79 Å². The van der Waals surface area contributed by atoms with Gasteiger partial charge in [-0.05, 0) is 18.9 Å². The van der Waals surface area contributed by atoms with E-state index in [-0.39, 0.29) is 17.0 Å². The summed E-state index contributed by atoms with van der Waals surface area (Å²) in [5, 5.41) is 9.07. The summed E-state index contributed by atoms with van der Waals surface area (Å²) in [7, 11) is 0. The molecule has 0 spiro atoms. The Kier molecular flexibility index (Phi) is 2.03. The minimum Gasteiger partial charge on any atom is -0.505 e. The second-order valence-electron chi connectivity index (χ2n) is 3.43. The molecule has 0 heterocycles. The molecular formula is C9H14O2. The van der Waals surface area contributed by atoms with Crippen molar-refractivity contribution in [3.63, 3.8) is 0 Å². The second kappa shape index (κ2) is 2.68. The van der Waals surface area contributed by atoms with Gasteiger partial charge in [0.05, 0.1) is 0 Å². The molecule has 0 saturated heterocycles. The Morgan fingerprint density at radius 1 is 1.73 bits per heavy atom. The van der Waals surface area contributed by atoms with Gasteiger partial charge in [-0.1, -0.05) is 20.3 Å². The van der Waals surface area contributed by atoms with E-state index < -0.39 is 0 Å². The van der Waals surface area contributed by atoms with Crippen LogP contribution in [0.25, 0.3) is 0 Å². The molecule has 1 unspecified atom stereocenters. The number of aliphatic hydroxyl groups is 1. The zero-order valence-electron chi connectivity index (χ0n) is 7.05. The molecule has 1 atom stereocenters. The van der Waals surface area contributed by atoms with Crippen molar-refractivity contribution in [2.75, 3.05) is 0 Å². The number of rotatable bonds is 2. The summed E-state index contributed by atoms with van der Waals surface area (Å²) in [5.41, 5.74) is -0.307. The summed E-state index contributed by atoms with van der Waals surface area (Å²) in [6.07, 6.45) is 4.18. The maximum atomic E-state index is 11.3. The third-order valence-electron chi connectivity index (χ3n) is 2.33. The van der Waals surface area contributed by atoms with Gasteiger partial charge in [-0.15, -0.1) is 0 Å². The number of Topliss-reactive ketones (excluding diaryl/α,β-unsaturated/α-hetero) is 1. The Morgan fingerprint density at radius 3 is 2.73 bits per heavy atom. The van der Waals surface area contributed by atoms with Gasteiger partial charge in [0.2, 0.25) is 5.78 Å². The SMILES string of the molecule is CCCC1(C)CC=C(O)C1=O. The van der Waals surface area contributed by atoms with Gasteiger partial charge < -0.3 is 5.11 Å². The molecule has 1 aliphatic carbocycles. The van der Waals surface area contributed by atoms with Crippen LogP contribution in [-0.2, 0) is 4.79 Å². The van der Waals surface area contributed by atoms with E-state index in [1.165, 1.54) is 0 Å². The molecular weight excluding hydrogens is 140 g/mol. The summed E-state index contributed by atoms with van der Waals surface area (Å²) >= 11 is 0. The number of allylic oxidation sites excluding steroid dienone is 2. The molecule has 0 aromatic rings. The molecule has 0 amide bonds. The Balaban J connectivity index is 2.71. The fourth-order valence-electron chi connectivity index (χ4n) is 1.58. The largest absolute Gasteiger partial charge is 0.505 e. The monoisotopic (exact) mass is 154 g/mol. The van der Waals surface area contributed by atoms with Crippen LogP contribution in [0.1, 0.15) is 33.1 Å². The molecule has 1 aliphatic rings. The molecule has 0 fully saturated rings. The Hall–Kier alpha value is -0.790. The number of carbonyl (C=O) groups is 1. The van der Waals surface area contributed by atoms with Crippen LogP contribution in [0.4, 0.5) is 0 Å². The molecule has 0 aliphatic heterocycles. The van der Waals surface area contributed by atoms with Crippen LogP contribution in [0.3, 0.4) is 0 Å². The summed E-state index contributed by atoms with van der Waals surface area (Å²) in [4.78, 5) is 11.3. The van der Waals surface area contributed by atoms with Crippen molar-refractivity contribution in [1.29, 1.82) is 0 Å². The normalized spacial score (nSPS) is 30.7. The first-order valence-corrected chi connectivity index (χ1v) is 4.04. The number of hydrogen-bond acceptors (Lipinski definition) is 2. The summed E-state index contributed by atoms with van der Waals surface area (Å²) in [6, 6.07) is 0. The number of ketones is 1. The standard InChI is InChI=1S/C9H14O2/c1-3-5-9(2)6-4-7(10)8(9)11/h4,10H,3,5-6H2,1-2H3. The van der Waals surface area contributed by atoms with Crippen molar-refractivity contribution < 1.29 is 9.90 Å². The zero-order chi connectivity index (χ0) is 8.48. The van der Waals surface area contributed by atoms with Crippen LogP contribution in [0.5, 0.6) is 0 Å². The van der Waals surface area contributed by atoms with Crippen LogP contribution in [-0.4, -0.2) is 10.9 Å². The van der Waals surface area contributed by atoms with Crippen LogP contribution in [0.2, 0.25) is 0 Å². The molecule has 0 aromatic heterocycles. The van der Waals surface area contributed by atoms with E-state index in [4.69, 9.17) is 5.11 Å². The van der Waals surface area contributed by atoms with Gasteiger partial charge in [-0.2, -0.15) is 0 Å². The van der Waals surface area contributed by atoms with E-state index in [0.29, 0.717) is 6.42 Å². The molecule has 1 N–H and O–H groups in total. The van der Waals surface area contributed by atoms with Crippen molar-refractivity contribution in [1.82, 2.24) is 0 Å². The minimum atomic E-state index is -0.307. The molecule has 62 valence electrons. The van der Waals surface area contributed by atoms with Gasteiger partial charge in [-0.3, -0.25) is 4.79 Å². The summed E-state index contributed by atoms with van der Waals surface area (Å²) in [6.45, 7) is 3.96. The van der Waals surface area contributed by atoms with E-state index >= 15 is 0 Å². The molecule has 0 radical (unpaired) electrons. The fourth-order valence-corrected chi connectivity index (χ4v) is 1.58. The van der Waals surface area contributed by atoms with Gasteiger partial charge in [0.1, 0.15) is 0 Å². The average Bonchev–Trinajstić information content (AvgIpc) is 2.19. The van der Waals surface area contributed by atoms with E-state index in [1.54, 1.807) is 6.08 Å². The lowest BCUT2D eigenvalue weighted by Gasteiger charge is -2.20. The van der Waals surface area contributed by atoms with Crippen molar-refractivity contribution in [2.24, 2.45) is 5.41 Å². The van der Waals surface area contributed by atoms with Crippen LogP contribution in [0, 0.1) is 5.41 Å². The molecule has 0 bridgehead atoms. The molecule has 0 saturated carbocycles. The molecule has 2 heteroatoms. The van der Waals surface area contributed by atoms with Gasteiger partial charge in [0.25, 0.3) is 0 Å².